The number of benzene rings is 1. The van der Waals surface area contributed by atoms with E-state index in [2.05, 4.69) is 10.3 Å². The molecule has 6 heteroatoms. The number of aliphatic imine (C=N–C) groups is 1. The van der Waals surface area contributed by atoms with Crippen molar-refractivity contribution in [3.05, 3.63) is 52.4 Å². The van der Waals surface area contributed by atoms with Crippen molar-refractivity contribution < 1.29 is 14.3 Å². The molecule has 0 radical (unpaired) electrons. The number of rotatable bonds is 2. The Morgan fingerprint density at radius 1 is 1.33 bits per heavy atom. The van der Waals surface area contributed by atoms with Gasteiger partial charge in [0.05, 0.1) is 12.8 Å². The second-order valence-electron chi connectivity index (χ2n) is 4.42. The monoisotopic (exact) mass is 300 g/mol. The van der Waals surface area contributed by atoms with E-state index in [9.17, 15) is 9.59 Å². The molecule has 0 bridgehead atoms. The molecule has 0 atom stereocenters. The van der Waals surface area contributed by atoms with Crippen LogP contribution in [0.5, 0.6) is 0 Å². The van der Waals surface area contributed by atoms with Gasteiger partial charge in [0.25, 0.3) is 0 Å². The molecule has 2 heterocycles. The van der Waals surface area contributed by atoms with Crippen molar-refractivity contribution in [2.75, 3.05) is 19.0 Å². The number of fused-ring (bicyclic) bond motifs is 1. The fourth-order valence-corrected chi connectivity index (χ4v) is 3.10. The van der Waals surface area contributed by atoms with Gasteiger partial charge in [0.2, 0.25) is 5.91 Å². The molecule has 1 aliphatic heterocycles. The molecule has 0 fully saturated rings. The van der Waals surface area contributed by atoms with Crippen molar-refractivity contribution in [3.8, 4) is 0 Å². The van der Waals surface area contributed by atoms with Gasteiger partial charge in [-0.1, -0.05) is 30.3 Å². The Morgan fingerprint density at radius 2 is 2.10 bits per heavy atom. The zero-order valence-electron chi connectivity index (χ0n) is 11.3. The number of thiophene rings is 1. The summed E-state index contributed by atoms with van der Waals surface area (Å²) in [7, 11) is 1.33. The number of hydrogen-bond donors (Lipinski definition) is 1. The summed E-state index contributed by atoms with van der Waals surface area (Å²) in [5.74, 6) is -0.616. The van der Waals surface area contributed by atoms with Crippen LogP contribution in [-0.4, -0.2) is 31.2 Å². The summed E-state index contributed by atoms with van der Waals surface area (Å²) in [4.78, 5) is 28.2. The first kappa shape index (κ1) is 13.5. The average Bonchev–Trinajstić information content (AvgIpc) is 2.85. The number of nitrogens with one attached hydrogen (secondary N) is 1. The predicted octanol–water partition coefficient (Wildman–Crippen LogP) is 2.32. The van der Waals surface area contributed by atoms with Crippen LogP contribution in [0.1, 0.15) is 20.8 Å². The molecule has 5 nitrogen and oxygen atoms in total. The van der Waals surface area contributed by atoms with Gasteiger partial charge < -0.3 is 10.1 Å². The largest absolute Gasteiger partial charge is 0.465 e. The summed E-state index contributed by atoms with van der Waals surface area (Å²) in [5.41, 5.74) is 2.36. The lowest BCUT2D eigenvalue weighted by Crippen LogP contribution is -2.12. The van der Waals surface area contributed by atoms with Gasteiger partial charge in [-0.15, -0.1) is 11.3 Å². The second kappa shape index (κ2) is 5.49. The van der Waals surface area contributed by atoms with Gasteiger partial charge in [-0.2, -0.15) is 0 Å². The van der Waals surface area contributed by atoms with Crippen molar-refractivity contribution in [2.45, 2.75) is 0 Å². The van der Waals surface area contributed by atoms with Crippen LogP contribution in [0.25, 0.3) is 0 Å². The molecule has 0 aliphatic carbocycles. The fourth-order valence-electron chi connectivity index (χ4n) is 2.11. The van der Waals surface area contributed by atoms with Crippen LogP contribution < -0.4 is 5.32 Å². The van der Waals surface area contributed by atoms with E-state index < -0.39 is 5.97 Å². The van der Waals surface area contributed by atoms with Gasteiger partial charge in [-0.25, -0.2) is 4.79 Å². The summed E-state index contributed by atoms with van der Waals surface area (Å²) < 4.78 is 4.73. The number of hydrogen-bond acceptors (Lipinski definition) is 5. The lowest BCUT2D eigenvalue weighted by molar-refractivity contribution is -0.114. The summed E-state index contributed by atoms with van der Waals surface area (Å²) in [6, 6.07) is 11.3. The van der Waals surface area contributed by atoms with Crippen molar-refractivity contribution in [1.29, 1.82) is 0 Å². The lowest BCUT2D eigenvalue weighted by Gasteiger charge is -2.04. The van der Waals surface area contributed by atoms with Crippen LogP contribution in [-0.2, 0) is 9.53 Å². The van der Waals surface area contributed by atoms with Crippen molar-refractivity contribution in [1.82, 2.24) is 0 Å². The van der Waals surface area contributed by atoms with Crippen LogP contribution in [0.3, 0.4) is 0 Å². The number of nitrogens with zero attached hydrogens (tertiary/aromatic N) is 1. The van der Waals surface area contributed by atoms with Gasteiger partial charge in [-0.05, 0) is 6.07 Å². The maximum atomic E-state index is 11.7. The Hall–Kier alpha value is -2.47. The Morgan fingerprint density at radius 3 is 2.81 bits per heavy atom. The van der Waals surface area contributed by atoms with E-state index in [-0.39, 0.29) is 12.5 Å². The van der Waals surface area contributed by atoms with E-state index in [0.29, 0.717) is 15.6 Å². The van der Waals surface area contributed by atoms with Gasteiger partial charge in [0, 0.05) is 11.1 Å². The Balaban J connectivity index is 2.13. The number of carbonyl (C=O) groups is 2. The molecule has 1 aliphatic rings. The highest BCUT2D eigenvalue weighted by Gasteiger charge is 2.23. The lowest BCUT2D eigenvalue weighted by atomic mass is 10.0. The van der Waals surface area contributed by atoms with Crippen LogP contribution in [0.15, 0.2) is 41.4 Å². The normalized spacial score (nSPS) is 13.8. The van der Waals surface area contributed by atoms with E-state index in [4.69, 9.17) is 4.74 Å². The predicted molar refractivity (Wildman–Crippen MR) is 81.2 cm³/mol. The Labute approximate surface area is 125 Å². The highest BCUT2D eigenvalue weighted by atomic mass is 32.1. The van der Waals surface area contributed by atoms with Crippen LogP contribution in [0.4, 0.5) is 5.00 Å². The Kier molecular flexibility index (Phi) is 3.53. The van der Waals surface area contributed by atoms with E-state index in [1.54, 1.807) is 6.07 Å². The molecule has 1 aromatic heterocycles. The minimum Gasteiger partial charge on any atom is -0.465 e. The molecule has 3 rings (SSSR count). The van der Waals surface area contributed by atoms with Crippen molar-refractivity contribution in [3.63, 3.8) is 0 Å². The highest BCUT2D eigenvalue weighted by Crippen LogP contribution is 2.32. The van der Waals surface area contributed by atoms with Gasteiger partial charge in [-0.3, -0.25) is 9.79 Å². The average molecular weight is 300 g/mol. The van der Waals surface area contributed by atoms with Crippen LogP contribution in [0.2, 0.25) is 0 Å². The minimum atomic E-state index is -0.422. The van der Waals surface area contributed by atoms with Crippen molar-refractivity contribution in [2.24, 2.45) is 4.99 Å². The fraction of sp³-hybridized carbons (Fsp3) is 0.133. The number of anilines is 1. The number of amides is 1. The molecule has 1 amide bonds. The molecule has 0 spiro atoms. The first-order valence-corrected chi connectivity index (χ1v) is 7.13. The number of methoxy groups -OCH3 is 1. The van der Waals surface area contributed by atoms with Gasteiger partial charge >= 0.3 is 5.97 Å². The first-order valence-electron chi connectivity index (χ1n) is 6.31. The summed E-state index contributed by atoms with van der Waals surface area (Å²) in [6.45, 7) is 0.0686. The summed E-state index contributed by atoms with van der Waals surface area (Å²) >= 11 is 1.20. The second-order valence-corrected chi connectivity index (χ2v) is 5.48. The highest BCUT2D eigenvalue weighted by molar-refractivity contribution is 7.18. The van der Waals surface area contributed by atoms with Crippen LogP contribution in [0, 0.1) is 0 Å². The quantitative estimate of drug-likeness (QED) is 0.865. The maximum absolute atomic E-state index is 11.7. The van der Waals surface area contributed by atoms with E-state index in [0.717, 1.165) is 11.1 Å². The topological polar surface area (TPSA) is 67.8 Å². The van der Waals surface area contributed by atoms with E-state index in [1.807, 2.05) is 30.3 Å². The first-order chi connectivity index (χ1) is 10.2. The third-order valence-electron chi connectivity index (χ3n) is 3.05. The standard InChI is InChI=1S/C15H12N2O3S/c1-20-15(19)11-7-10-13(9-5-3-2-4-6-9)16-8-12(18)17-14(10)21-11/h2-7H,8H2,1H3,(H,17,18). The molecule has 0 saturated heterocycles. The minimum absolute atomic E-state index is 0.0686. The molecule has 0 saturated carbocycles. The summed E-state index contributed by atoms with van der Waals surface area (Å²) in [5, 5.41) is 3.40. The van der Waals surface area contributed by atoms with E-state index in [1.165, 1.54) is 18.4 Å². The third-order valence-corrected chi connectivity index (χ3v) is 4.09. The zero-order chi connectivity index (χ0) is 14.8. The van der Waals surface area contributed by atoms with E-state index >= 15 is 0 Å². The Bertz CT molecular complexity index is 735. The third kappa shape index (κ3) is 2.57. The molecular formula is C15H12N2O3S. The molecular weight excluding hydrogens is 288 g/mol. The molecule has 1 aromatic carbocycles. The molecule has 2 aromatic rings. The smallest absolute Gasteiger partial charge is 0.348 e. The van der Waals surface area contributed by atoms with Gasteiger partial charge in [0.15, 0.2) is 0 Å². The van der Waals surface area contributed by atoms with Crippen LogP contribution >= 0.6 is 11.3 Å². The number of esters is 1. The SMILES string of the molecule is COC(=O)c1cc2c(s1)NC(=O)CN=C2c1ccccc1. The molecule has 0 unspecified atom stereocenters. The number of carbonyl (C=O) groups excluding carboxylic acids is 2. The van der Waals surface area contributed by atoms with Gasteiger partial charge in [0.1, 0.15) is 16.4 Å². The molecule has 21 heavy (non-hydrogen) atoms. The zero-order valence-corrected chi connectivity index (χ0v) is 12.1. The molecule has 1 N–H and O–H groups in total. The number of ether oxygens (including phenoxy) is 1. The summed E-state index contributed by atoms with van der Waals surface area (Å²) in [6.07, 6.45) is 0. The van der Waals surface area contributed by atoms with Crippen molar-refractivity contribution >= 4 is 33.9 Å². The molecule has 106 valence electrons. The maximum Gasteiger partial charge on any atom is 0.348 e.